The molecule has 0 fully saturated rings. The second-order valence-electron chi connectivity index (χ2n) is 5.04. The van der Waals surface area contributed by atoms with Gasteiger partial charge in [0.15, 0.2) is 5.76 Å². The van der Waals surface area contributed by atoms with E-state index in [9.17, 15) is 40.5 Å². The topological polar surface area (TPSA) is 203 Å². The number of rotatable bonds is 5. The lowest BCUT2D eigenvalue weighted by atomic mass is 10.1. The molecule has 0 bridgehead atoms. The van der Waals surface area contributed by atoms with Gasteiger partial charge in [-0.15, -0.1) is 0 Å². The monoisotopic (exact) mass is 398 g/mol. The van der Waals surface area contributed by atoms with Gasteiger partial charge in [0.2, 0.25) is 0 Å². The fourth-order valence-electron chi connectivity index (χ4n) is 1.94. The Labute approximate surface area is 155 Å². The van der Waals surface area contributed by atoms with Crippen molar-refractivity contribution in [2.24, 2.45) is 0 Å². The lowest BCUT2D eigenvalue weighted by Crippen LogP contribution is -2.20. The molecule has 0 aromatic heterocycles. The minimum Gasteiger partial charge on any atom is -0.508 e. The molecule has 2 aromatic rings. The largest absolute Gasteiger partial charge is 0.508 e. The zero-order valence-electron chi connectivity index (χ0n) is 13.2. The van der Waals surface area contributed by atoms with Crippen LogP contribution in [0.3, 0.4) is 0 Å². The molecule has 0 saturated carbocycles. The number of anilines is 1. The number of amides is 1. The van der Waals surface area contributed by atoms with E-state index in [1.54, 1.807) is 0 Å². The van der Waals surface area contributed by atoms with Crippen molar-refractivity contribution in [2.45, 2.75) is 4.90 Å². The minimum atomic E-state index is -1.31. The zero-order valence-corrected chi connectivity index (χ0v) is 14.0. The third kappa shape index (κ3) is 4.13. The Hall–Kier alpha value is -3.64. The van der Waals surface area contributed by atoms with E-state index in [1.165, 1.54) is 0 Å². The van der Waals surface area contributed by atoms with E-state index >= 15 is 0 Å². The number of nitrogens with one attached hydrogen (secondary N) is 2. The van der Waals surface area contributed by atoms with Crippen molar-refractivity contribution >= 4 is 29.6 Å². The molecule has 0 saturated heterocycles. The normalized spacial score (nSPS) is 11.2. The lowest BCUT2D eigenvalue weighted by Gasteiger charge is -2.14. The van der Waals surface area contributed by atoms with Gasteiger partial charge >= 0.3 is 5.91 Å². The summed E-state index contributed by atoms with van der Waals surface area (Å²) < 4.78 is 2.44. The van der Waals surface area contributed by atoms with Gasteiger partial charge in [0.05, 0.1) is 5.56 Å². The third-order valence-corrected chi connectivity index (χ3v) is 4.12. The molecule has 12 heteroatoms. The smallest absolute Gasteiger partial charge is 0.309 e. The zero-order chi connectivity index (χ0) is 20.3. The SMILES string of the molecule is O=C(NO)/C(O)=C/c1c(O)cc(O)c(SNc2c(O)cc(O)cc2O)c1O. The van der Waals surface area contributed by atoms with Crippen LogP contribution in [0.25, 0.3) is 6.08 Å². The Kier molecular flexibility index (Phi) is 5.63. The molecule has 1 amide bonds. The fraction of sp³-hybridized carbons (Fsp3) is 0. The quantitative estimate of drug-likeness (QED) is 0.0664. The van der Waals surface area contributed by atoms with Gasteiger partial charge in [0.25, 0.3) is 0 Å². The van der Waals surface area contributed by atoms with Crippen LogP contribution in [0.1, 0.15) is 5.56 Å². The summed E-state index contributed by atoms with van der Waals surface area (Å²) in [5, 5.41) is 76.6. The Bertz CT molecular complexity index is 907. The molecule has 27 heavy (non-hydrogen) atoms. The Morgan fingerprint density at radius 2 is 1.52 bits per heavy atom. The highest BCUT2D eigenvalue weighted by molar-refractivity contribution is 8.00. The van der Waals surface area contributed by atoms with Crippen LogP contribution in [0.4, 0.5) is 5.69 Å². The van der Waals surface area contributed by atoms with Crippen molar-refractivity contribution in [3.8, 4) is 34.5 Å². The van der Waals surface area contributed by atoms with Crippen molar-refractivity contribution in [1.29, 1.82) is 0 Å². The number of aromatic hydroxyl groups is 6. The maximum Gasteiger partial charge on any atom is 0.309 e. The van der Waals surface area contributed by atoms with E-state index in [-0.39, 0.29) is 10.6 Å². The van der Waals surface area contributed by atoms with Gasteiger partial charge in [0, 0.05) is 24.3 Å². The van der Waals surface area contributed by atoms with Crippen LogP contribution in [0.15, 0.2) is 28.9 Å². The first-order valence-corrected chi connectivity index (χ1v) is 7.78. The first kappa shape index (κ1) is 19.7. The molecule has 0 aliphatic rings. The van der Waals surface area contributed by atoms with E-state index in [2.05, 4.69) is 4.72 Å². The predicted molar refractivity (Wildman–Crippen MR) is 92.9 cm³/mol. The Balaban J connectivity index is 2.41. The average Bonchev–Trinajstić information content (AvgIpc) is 2.59. The summed E-state index contributed by atoms with van der Waals surface area (Å²) in [7, 11) is 0. The van der Waals surface area contributed by atoms with Gasteiger partial charge in [0.1, 0.15) is 45.1 Å². The van der Waals surface area contributed by atoms with Crippen molar-refractivity contribution in [3.63, 3.8) is 0 Å². The van der Waals surface area contributed by atoms with Gasteiger partial charge in [-0.3, -0.25) is 10.0 Å². The second-order valence-corrected chi connectivity index (χ2v) is 5.86. The number of carbonyl (C=O) groups excluding carboxylic acids is 1. The van der Waals surface area contributed by atoms with Gasteiger partial charge in [-0.1, -0.05) is 0 Å². The Morgan fingerprint density at radius 3 is 2.07 bits per heavy atom. The molecule has 0 aliphatic heterocycles. The number of hydroxylamine groups is 1. The van der Waals surface area contributed by atoms with Crippen LogP contribution in [0.5, 0.6) is 34.5 Å². The molecule has 0 heterocycles. The maximum absolute atomic E-state index is 11.1. The molecule has 10 N–H and O–H groups in total. The average molecular weight is 398 g/mol. The molecular weight excluding hydrogens is 384 g/mol. The number of phenolic OH excluding ortho intramolecular Hbond substituents is 6. The van der Waals surface area contributed by atoms with E-state index in [1.807, 2.05) is 0 Å². The Morgan fingerprint density at radius 1 is 0.926 bits per heavy atom. The molecule has 2 rings (SSSR count). The molecule has 2 aromatic carbocycles. The maximum atomic E-state index is 11.1. The summed E-state index contributed by atoms with van der Waals surface area (Å²) in [4.78, 5) is 10.8. The van der Waals surface area contributed by atoms with Crippen molar-refractivity contribution < 1.29 is 45.7 Å². The molecule has 11 nitrogen and oxygen atoms in total. The van der Waals surface area contributed by atoms with Crippen LogP contribution in [0, 0.1) is 0 Å². The van der Waals surface area contributed by atoms with Gasteiger partial charge in [-0.05, 0) is 11.9 Å². The number of phenols is 6. The predicted octanol–water partition coefficient (Wildman–Crippen LogP) is 1.44. The first-order valence-electron chi connectivity index (χ1n) is 6.96. The highest BCUT2D eigenvalue weighted by Gasteiger charge is 2.20. The molecule has 0 spiro atoms. The fourth-order valence-corrected chi connectivity index (χ4v) is 2.73. The van der Waals surface area contributed by atoms with Crippen LogP contribution < -0.4 is 10.2 Å². The summed E-state index contributed by atoms with van der Waals surface area (Å²) in [6, 6.07) is 2.66. The molecule has 0 aliphatic carbocycles. The highest BCUT2D eigenvalue weighted by atomic mass is 32.2. The minimum absolute atomic E-state index is 0.246. The van der Waals surface area contributed by atoms with Crippen molar-refractivity contribution in [3.05, 3.63) is 29.5 Å². The third-order valence-electron chi connectivity index (χ3n) is 3.20. The summed E-state index contributed by atoms with van der Waals surface area (Å²) in [6.07, 6.45) is 0.634. The van der Waals surface area contributed by atoms with Gasteiger partial charge < -0.3 is 40.5 Å². The van der Waals surface area contributed by atoms with Crippen molar-refractivity contribution in [1.82, 2.24) is 5.48 Å². The molecule has 0 unspecified atom stereocenters. The number of aliphatic hydroxyl groups excluding tert-OH is 1. The molecule has 144 valence electrons. The summed E-state index contributed by atoms with van der Waals surface area (Å²) >= 11 is 0.501. The van der Waals surface area contributed by atoms with Crippen molar-refractivity contribution in [2.75, 3.05) is 4.72 Å². The van der Waals surface area contributed by atoms with Crippen LogP contribution in [-0.2, 0) is 4.79 Å². The van der Waals surface area contributed by atoms with E-state index < -0.39 is 51.7 Å². The standard InChI is InChI=1S/C15H14N2O9S/c18-5-1-8(20)12(9(21)2-5)17-27-14-10(22)4-7(19)6(13(14)24)3-11(23)15(25)16-26/h1-4,17-24,26H,(H,16,25)/b11-3-. The molecule has 0 radical (unpaired) electrons. The number of aliphatic hydroxyl groups is 1. The van der Waals surface area contributed by atoms with Crippen LogP contribution >= 0.6 is 11.9 Å². The lowest BCUT2D eigenvalue weighted by molar-refractivity contribution is -0.127. The van der Waals surface area contributed by atoms with Gasteiger partial charge in [-0.25, -0.2) is 5.48 Å². The number of benzene rings is 2. The highest BCUT2D eigenvalue weighted by Crippen LogP contribution is 2.46. The molecular formula is C15H14N2O9S. The summed E-state index contributed by atoms with van der Waals surface area (Å²) in [5.74, 6) is -5.89. The number of hydrogen-bond donors (Lipinski definition) is 10. The first-order chi connectivity index (χ1) is 12.6. The summed E-state index contributed by atoms with van der Waals surface area (Å²) in [6.45, 7) is 0. The summed E-state index contributed by atoms with van der Waals surface area (Å²) in [5.41, 5.74) is 0.443. The van der Waals surface area contributed by atoms with Crippen LogP contribution in [-0.4, -0.2) is 46.9 Å². The van der Waals surface area contributed by atoms with E-state index in [0.29, 0.717) is 18.0 Å². The van der Waals surface area contributed by atoms with E-state index in [4.69, 9.17) is 5.21 Å². The van der Waals surface area contributed by atoms with E-state index in [0.717, 1.165) is 23.7 Å². The second kappa shape index (κ2) is 7.72. The number of hydrogen-bond acceptors (Lipinski definition) is 11. The van der Waals surface area contributed by atoms with Crippen LogP contribution in [0.2, 0.25) is 0 Å². The van der Waals surface area contributed by atoms with Gasteiger partial charge in [-0.2, -0.15) is 0 Å². The molecule has 0 atom stereocenters. The number of carbonyl (C=O) groups is 1.